The quantitative estimate of drug-likeness (QED) is 0.820. The lowest BCUT2D eigenvalue weighted by Gasteiger charge is -2.14. The van der Waals surface area contributed by atoms with Crippen LogP contribution < -0.4 is 4.72 Å². The molecule has 1 aromatic rings. The van der Waals surface area contributed by atoms with Crippen LogP contribution in [0.2, 0.25) is 0 Å². The van der Waals surface area contributed by atoms with E-state index in [0.717, 1.165) is 12.0 Å². The highest BCUT2D eigenvalue weighted by Crippen LogP contribution is 2.18. The minimum Gasteiger partial charge on any atom is -0.209 e. The molecular formula is C14H22ClNO2S. The molecule has 0 heterocycles. The Kier molecular flexibility index (Phi) is 5.83. The van der Waals surface area contributed by atoms with Crippen molar-refractivity contribution in [2.24, 2.45) is 5.92 Å². The first kappa shape index (κ1) is 16.5. The van der Waals surface area contributed by atoms with Crippen molar-refractivity contribution < 1.29 is 8.42 Å². The summed E-state index contributed by atoms with van der Waals surface area (Å²) in [7, 11) is -3.40. The van der Waals surface area contributed by atoms with Crippen molar-refractivity contribution in [2.45, 2.75) is 50.4 Å². The maximum absolute atomic E-state index is 11.9. The van der Waals surface area contributed by atoms with Gasteiger partial charge in [0.15, 0.2) is 0 Å². The van der Waals surface area contributed by atoms with Crippen LogP contribution in [0, 0.1) is 5.92 Å². The molecule has 0 aromatic heterocycles. The van der Waals surface area contributed by atoms with E-state index in [1.165, 1.54) is 0 Å². The first-order chi connectivity index (χ1) is 8.72. The van der Waals surface area contributed by atoms with Crippen molar-refractivity contribution in [3.05, 3.63) is 29.8 Å². The predicted octanol–water partition coefficient (Wildman–Crippen LogP) is 3.18. The summed E-state index contributed by atoms with van der Waals surface area (Å²) < 4.78 is 26.5. The molecule has 0 aliphatic carbocycles. The number of sulfonamides is 1. The average Bonchev–Trinajstić information content (AvgIpc) is 2.27. The number of hydrogen-bond donors (Lipinski definition) is 1. The van der Waals surface area contributed by atoms with Gasteiger partial charge in [-0.1, -0.05) is 26.0 Å². The van der Waals surface area contributed by atoms with Gasteiger partial charge in [-0.3, -0.25) is 0 Å². The molecule has 3 nitrogen and oxygen atoms in total. The molecule has 0 bridgehead atoms. The van der Waals surface area contributed by atoms with Crippen molar-refractivity contribution >= 4 is 21.6 Å². The van der Waals surface area contributed by atoms with E-state index in [9.17, 15) is 8.42 Å². The molecule has 0 aliphatic heterocycles. The zero-order valence-electron chi connectivity index (χ0n) is 11.9. The third-order valence-electron chi connectivity index (χ3n) is 2.78. The second-order valence-electron chi connectivity index (χ2n) is 5.38. The Morgan fingerprint density at radius 3 is 2.05 bits per heavy atom. The van der Waals surface area contributed by atoms with Gasteiger partial charge in [0, 0.05) is 11.4 Å². The molecule has 1 aromatic carbocycles. The van der Waals surface area contributed by atoms with Crippen LogP contribution in [0.25, 0.3) is 0 Å². The van der Waals surface area contributed by atoms with Crippen molar-refractivity contribution in [3.8, 4) is 0 Å². The van der Waals surface area contributed by atoms with Crippen molar-refractivity contribution in [1.29, 1.82) is 0 Å². The number of alkyl halides is 1. The minimum atomic E-state index is -3.40. The van der Waals surface area contributed by atoms with E-state index >= 15 is 0 Å². The summed E-state index contributed by atoms with van der Waals surface area (Å²) in [5.41, 5.74) is 1.05. The zero-order valence-corrected chi connectivity index (χ0v) is 13.4. The third-order valence-corrected chi connectivity index (χ3v) is 5.11. The van der Waals surface area contributed by atoms with Gasteiger partial charge in [0.25, 0.3) is 0 Å². The summed E-state index contributed by atoms with van der Waals surface area (Å²) in [5.74, 6) is 0.396. The second-order valence-corrected chi connectivity index (χ2v) is 7.66. The van der Waals surface area contributed by atoms with E-state index in [-0.39, 0.29) is 11.4 Å². The van der Waals surface area contributed by atoms with Gasteiger partial charge in [0.2, 0.25) is 10.0 Å². The number of rotatable bonds is 6. The van der Waals surface area contributed by atoms with Gasteiger partial charge < -0.3 is 0 Å². The number of nitrogens with one attached hydrogen (secondary N) is 1. The summed E-state index contributed by atoms with van der Waals surface area (Å²) in [5, 5.41) is 0.0660. The van der Waals surface area contributed by atoms with Crippen LogP contribution in [0.3, 0.4) is 0 Å². The monoisotopic (exact) mass is 303 g/mol. The third kappa shape index (κ3) is 5.13. The SMILES string of the molecule is CC(C)NS(=O)(=O)c1ccc(CC(Cl)C(C)C)cc1. The molecule has 1 unspecified atom stereocenters. The molecule has 1 atom stereocenters. The molecule has 1 N–H and O–H groups in total. The Balaban J connectivity index is 2.82. The smallest absolute Gasteiger partial charge is 0.209 e. The van der Waals surface area contributed by atoms with Gasteiger partial charge in [0.05, 0.1) is 4.90 Å². The molecular weight excluding hydrogens is 282 g/mol. The first-order valence-corrected chi connectivity index (χ1v) is 8.39. The summed E-state index contributed by atoms with van der Waals surface area (Å²) in [6, 6.07) is 6.80. The Labute approximate surface area is 121 Å². The largest absolute Gasteiger partial charge is 0.240 e. The maximum atomic E-state index is 11.9. The van der Waals surface area contributed by atoms with Crippen LogP contribution in [-0.2, 0) is 16.4 Å². The van der Waals surface area contributed by atoms with E-state index in [2.05, 4.69) is 18.6 Å². The van der Waals surface area contributed by atoms with Crippen molar-refractivity contribution in [2.75, 3.05) is 0 Å². The lowest BCUT2D eigenvalue weighted by molar-refractivity contribution is 0.569. The number of hydrogen-bond acceptors (Lipinski definition) is 2. The van der Waals surface area contributed by atoms with E-state index in [1.807, 2.05) is 12.1 Å². The van der Waals surface area contributed by atoms with Crippen LogP contribution in [-0.4, -0.2) is 19.8 Å². The van der Waals surface area contributed by atoms with Gasteiger partial charge in [-0.05, 0) is 43.9 Å². The van der Waals surface area contributed by atoms with Gasteiger partial charge in [-0.15, -0.1) is 11.6 Å². The van der Waals surface area contributed by atoms with Gasteiger partial charge in [-0.25, -0.2) is 13.1 Å². The Morgan fingerprint density at radius 1 is 1.11 bits per heavy atom. The minimum absolute atomic E-state index is 0.0660. The Bertz CT molecular complexity index is 495. The van der Waals surface area contributed by atoms with E-state index in [0.29, 0.717) is 10.8 Å². The summed E-state index contributed by atoms with van der Waals surface area (Å²) >= 11 is 6.22. The predicted molar refractivity (Wildman–Crippen MR) is 80.1 cm³/mol. The fourth-order valence-electron chi connectivity index (χ4n) is 1.64. The van der Waals surface area contributed by atoms with E-state index in [4.69, 9.17) is 11.6 Å². The zero-order chi connectivity index (χ0) is 14.6. The van der Waals surface area contributed by atoms with Crippen molar-refractivity contribution in [1.82, 2.24) is 4.72 Å². The lowest BCUT2D eigenvalue weighted by Crippen LogP contribution is -2.30. The molecule has 0 amide bonds. The molecule has 0 fully saturated rings. The average molecular weight is 304 g/mol. The lowest BCUT2D eigenvalue weighted by atomic mass is 10.0. The summed E-state index contributed by atoms with van der Waals surface area (Å²) in [4.78, 5) is 0.292. The highest BCUT2D eigenvalue weighted by atomic mass is 35.5. The van der Waals surface area contributed by atoms with Crippen LogP contribution in [0.4, 0.5) is 0 Å². The van der Waals surface area contributed by atoms with Crippen molar-refractivity contribution in [3.63, 3.8) is 0 Å². The molecule has 0 saturated carbocycles. The van der Waals surface area contributed by atoms with Crippen LogP contribution >= 0.6 is 11.6 Å². The molecule has 0 aliphatic rings. The highest BCUT2D eigenvalue weighted by molar-refractivity contribution is 7.89. The molecule has 0 radical (unpaired) electrons. The highest BCUT2D eigenvalue weighted by Gasteiger charge is 2.16. The molecule has 0 spiro atoms. The van der Waals surface area contributed by atoms with Crippen LogP contribution in [0.5, 0.6) is 0 Å². The molecule has 0 saturated heterocycles. The fourth-order valence-corrected chi connectivity index (χ4v) is 3.07. The van der Waals surface area contributed by atoms with Crippen LogP contribution in [0.15, 0.2) is 29.2 Å². The molecule has 108 valence electrons. The van der Waals surface area contributed by atoms with Gasteiger partial charge in [-0.2, -0.15) is 0 Å². The maximum Gasteiger partial charge on any atom is 0.240 e. The number of halogens is 1. The second kappa shape index (κ2) is 6.73. The van der Waals surface area contributed by atoms with E-state index in [1.54, 1.807) is 26.0 Å². The molecule has 19 heavy (non-hydrogen) atoms. The van der Waals surface area contributed by atoms with Gasteiger partial charge >= 0.3 is 0 Å². The standard InChI is InChI=1S/C14H22ClNO2S/c1-10(2)14(15)9-12-5-7-13(8-6-12)19(17,18)16-11(3)4/h5-8,10-11,14,16H,9H2,1-4H3. The normalized spacial score (nSPS) is 14.1. The van der Waals surface area contributed by atoms with Crippen LogP contribution in [0.1, 0.15) is 33.3 Å². The summed E-state index contributed by atoms with van der Waals surface area (Å²) in [6.07, 6.45) is 0.747. The van der Waals surface area contributed by atoms with Gasteiger partial charge in [0.1, 0.15) is 0 Å². The fraction of sp³-hybridized carbons (Fsp3) is 0.571. The number of benzene rings is 1. The molecule has 1 rings (SSSR count). The Hall–Kier alpha value is -0.580. The van der Waals surface area contributed by atoms with E-state index < -0.39 is 10.0 Å². The summed E-state index contributed by atoms with van der Waals surface area (Å²) in [6.45, 7) is 7.74. The topological polar surface area (TPSA) is 46.2 Å². The molecule has 5 heteroatoms. The first-order valence-electron chi connectivity index (χ1n) is 6.47. The Morgan fingerprint density at radius 2 is 1.63 bits per heavy atom.